The van der Waals surface area contributed by atoms with Gasteiger partial charge in [-0.2, -0.15) is 0 Å². The molecule has 2 aromatic rings. The number of anilines is 1. The van der Waals surface area contributed by atoms with E-state index in [9.17, 15) is 0 Å². The molecule has 3 rings (SSSR count). The third-order valence-corrected chi connectivity index (χ3v) is 3.76. The van der Waals surface area contributed by atoms with E-state index in [0.717, 1.165) is 16.6 Å². The lowest BCUT2D eigenvalue weighted by molar-refractivity contribution is 0.275. The topological polar surface area (TPSA) is 35.2 Å². The fraction of sp³-hybridized carbons (Fsp3) is 0.200. The molecule has 1 atom stereocenters. The Labute approximate surface area is 115 Å². The monoisotopic (exact) mass is 303 g/mol. The number of rotatable bonds is 3. The first-order valence-electron chi connectivity index (χ1n) is 5.99. The predicted molar refractivity (Wildman–Crippen MR) is 76.9 cm³/mol. The van der Waals surface area contributed by atoms with Gasteiger partial charge in [-0.25, -0.2) is 0 Å². The van der Waals surface area contributed by atoms with Gasteiger partial charge in [0.2, 0.25) is 0 Å². The van der Waals surface area contributed by atoms with Crippen LogP contribution in [0.3, 0.4) is 0 Å². The molecule has 0 spiro atoms. The summed E-state index contributed by atoms with van der Waals surface area (Å²) in [7, 11) is 0. The average molecular weight is 304 g/mol. The first kappa shape index (κ1) is 11.6. The van der Waals surface area contributed by atoms with E-state index in [1.807, 2.05) is 18.2 Å². The maximum atomic E-state index is 5.82. The minimum Gasteiger partial charge on any atom is -0.493 e. The largest absolute Gasteiger partial charge is 0.493 e. The van der Waals surface area contributed by atoms with E-state index in [1.54, 1.807) is 0 Å². The maximum Gasteiger partial charge on any atom is 0.122 e. The third-order valence-electron chi connectivity index (χ3n) is 3.31. The summed E-state index contributed by atoms with van der Waals surface area (Å²) in [6, 6.07) is 14.2. The van der Waals surface area contributed by atoms with Crippen LogP contribution in [0.1, 0.15) is 17.0 Å². The van der Waals surface area contributed by atoms with E-state index >= 15 is 0 Å². The molecular weight excluding hydrogens is 290 g/mol. The average Bonchev–Trinajstić information content (AvgIpc) is 2.29. The van der Waals surface area contributed by atoms with Gasteiger partial charge in [0.05, 0.1) is 6.61 Å². The highest BCUT2D eigenvalue weighted by atomic mass is 79.9. The Bertz CT molecular complexity index is 562. The molecule has 92 valence electrons. The summed E-state index contributed by atoms with van der Waals surface area (Å²) in [4.78, 5) is 0. The van der Waals surface area contributed by atoms with Crippen LogP contribution in [0.15, 0.2) is 46.9 Å². The molecule has 1 unspecified atom stereocenters. The van der Waals surface area contributed by atoms with E-state index in [0.29, 0.717) is 18.2 Å². The van der Waals surface area contributed by atoms with Crippen LogP contribution in [-0.4, -0.2) is 6.61 Å². The summed E-state index contributed by atoms with van der Waals surface area (Å²) >= 11 is 3.42. The second-order valence-electron chi connectivity index (χ2n) is 4.63. The summed E-state index contributed by atoms with van der Waals surface area (Å²) in [6.07, 6.45) is 1.11. The van der Waals surface area contributed by atoms with Crippen LogP contribution in [0.4, 0.5) is 5.69 Å². The number of hydrogen-bond acceptors (Lipinski definition) is 2. The minimum absolute atomic E-state index is 0.515. The van der Waals surface area contributed by atoms with Crippen molar-refractivity contribution < 1.29 is 4.74 Å². The van der Waals surface area contributed by atoms with E-state index in [-0.39, 0.29) is 0 Å². The second-order valence-corrected chi connectivity index (χ2v) is 5.55. The number of ether oxygens (including phenoxy) is 1. The fourth-order valence-electron chi connectivity index (χ4n) is 2.38. The Morgan fingerprint density at radius 3 is 2.83 bits per heavy atom. The predicted octanol–water partition coefficient (Wildman–Crippen LogP) is 3.75. The Morgan fingerprint density at radius 2 is 2.06 bits per heavy atom. The summed E-state index contributed by atoms with van der Waals surface area (Å²) in [5, 5.41) is 0. The molecule has 0 bridgehead atoms. The van der Waals surface area contributed by atoms with Crippen molar-refractivity contribution in [3.8, 4) is 5.75 Å². The number of nitrogens with two attached hydrogens (primary N) is 1. The van der Waals surface area contributed by atoms with Crippen molar-refractivity contribution in [3.63, 3.8) is 0 Å². The molecular formula is C15H14BrNO. The molecule has 1 aliphatic rings. The Morgan fingerprint density at radius 1 is 1.22 bits per heavy atom. The molecule has 0 amide bonds. The SMILES string of the molecule is Nc1cc(Br)cc(OCC2Cc3ccccc32)c1. The fourth-order valence-corrected chi connectivity index (χ4v) is 2.87. The lowest BCUT2D eigenvalue weighted by Gasteiger charge is -2.29. The van der Waals surface area contributed by atoms with E-state index < -0.39 is 0 Å². The molecule has 0 saturated heterocycles. The summed E-state index contributed by atoms with van der Waals surface area (Å²) in [5.41, 5.74) is 9.36. The highest BCUT2D eigenvalue weighted by Gasteiger charge is 2.25. The quantitative estimate of drug-likeness (QED) is 0.877. The number of halogens is 1. The lowest BCUT2D eigenvalue weighted by Crippen LogP contribution is -2.23. The number of fused-ring (bicyclic) bond motifs is 1. The lowest BCUT2D eigenvalue weighted by atomic mass is 9.78. The number of hydrogen-bond donors (Lipinski definition) is 1. The summed E-state index contributed by atoms with van der Waals surface area (Å²) in [5.74, 6) is 1.34. The molecule has 18 heavy (non-hydrogen) atoms. The highest BCUT2D eigenvalue weighted by Crippen LogP contribution is 2.35. The van der Waals surface area contributed by atoms with Gasteiger partial charge < -0.3 is 10.5 Å². The number of nitrogen functional groups attached to an aromatic ring is 1. The second kappa shape index (κ2) is 4.65. The molecule has 0 aromatic heterocycles. The molecule has 0 saturated carbocycles. The first-order valence-corrected chi connectivity index (χ1v) is 6.78. The minimum atomic E-state index is 0.515. The zero-order valence-electron chi connectivity index (χ0n) is 9.90. The smallest absolute Gasteiger partial charge is 0.122 e. The molecule has 1 aliphatic carbocycles. The molecule has 2 N–H and O–H groups in total. The van der Waals surface area contributed by atoms with Crippen molar-refractivity contribution >= 4 is 21.6 Å². The van der Waals surface area contributed by atoms with Crippen LogP contribution >= 0.6 is 15.9 Å². The van der Waals surface area contributed by atoms with Crippen LogP contribution in [0, 0.1) is 0 Å². The molecule has 2 nitrogen and oxygen atoms in total. The first-order chi connectivity index (χ1) is 8.72. The molecule has 3 heteroatoms. The van der Waals surface area contributed by atoms with Gasteiger partial charge >= 0.3 is 0 Å². The van der Waals surface area contributed by atoms with Crippen molar-refractivity contribution in [3.05, 3.63) is 58.1 Å². The zero-order chi connectivity index (χ0) is 12.5. The van der Waals surface area contributed by atoms with Crippen LogP contribution < -0.4 is 10.5 Å². The number of benzene rings is 2. The summed E-state index contributed by atoms with van der Waals surface area (Å²) < 4.78 is 6.77. The summed E-state index contributed by atoms with van der Waals surface area (Å²) in [6.45, 7) is 0.715. The van der Waals surface area contributed by atoms with E-state index in [4.69, 9.17) is 10.5 Å². The van der Waals surface area contributed by atoms with Gasteiger partial charge in [0, 0.05) is 22.1 Å². The Kier molecular flexibility index (Phi) is 3.00. The van der Waals surface area contributed by atoms with Gasteiger partial charge in [-0.3, -0.25) is 0 Å². The van der Waals surface area contributed by atoms with Crippen molar-refractivity contribution in [2.45, 2.75) is 12.3 Å². The van der Waals surface area contributed by atoms with Gasteiger partial charge in [-0.15, -0.1) is 0 Å². The Hall–Kier alpha value is -1.48. The normalized spacial score (nSPS) is 16.8. The maximum absolute atomic E-state index is 5.82. The van der Waals surface area contributed by atoms with Crippen molar-refractivity contribution in [1.82, 2.24) is 0 Å². The van der Waals surface area contributed by atoms with Crippen LogP contribution in [0.25, 0.3) is 0 Å². The van der Waals surface area contributed by atoms with Crippen LogP contribution in [0.5, 0.6) is 5.75 Å². The Balaban J connectivity index is 1.66. The van der Waals surface area contributed by atoms with Crippen LogP contribution in [0.2, 0.25) is 0 Å². The standard InChI is InChI=1S/C15H14BrNO/c16-12-6-13(17)8-14(7-12)18-9-11-5-10-3-1-2-4-15(10)11/h1-4,6-8,11H,5,9,17H2. The molecule has 0 heterocycles. The molecule has 0 aliphatic heterocycles. The zero-order valence-corrected chi connectivity index (χ0v) is 11.5. The third kappa shape index (κ3) is 2.23. The highest BCUT2D eigenvalue weighted by molar-refractivity contribution is 9.10. The van der Waals surface area contributed by atoms with Gasteiger partial charge in [-0.1, -0.05) is 40.2 Å². The van der Waals surface area contributed by atoms with Crippen molar-refractivity contribution in [2.75, 3.05) is 12.3 Å². The molecule has 2 aromatic carbocycles. The van der Waals surface area contributed by atoms with Gasteiger partial charge in [-0.05, 0) is 29.7 Å². The van der Waals surface area contributed by atoms with Gasteiger partial charge in [0.1, 0.15) is 5.75 Å². The van der Waals surface area contributed by atoms with Crippen LogP contribution in [-0.2, 0) is 6.42 Å². The van der Waals surface area contributed by atoms with Crippen molar-refractivity contribution in [1.29, 1.82) is 0 Å². The van der Waals surface area contributed by atoms with Gasteiger partial charge in [0.15, 0.2) is 0 Å². The van der Waals surface area contributed by atoms with Gasteiger partial charge in [0.25, 0.3) is 0 Å². The molecule has 0 fully saturated rings. The van der Waals surface area contributed by atoms with Crippen molar-refractivity contribution in [2.24, 2.45) is 0 Å². The van der Waals surface area contributed by atoms with E-state index in [2.05, 4.69) is 40.2 Å². The van der Waals surface area contributed by atoms with E-state index in [1.165, 1.54) is 11.1 Å². The molecule has 0 radical (unpaired) electrons.